The van der Waals surface area contributed by atoms with Gasteiger partial charge in [0, 0.05) is 43.2 Å². The van der Waals surface area contributed by atoms with E-state index in [4.69, 9.17) is 16.7 Å². The highest BCUT2D eigenvalue weighted by atomic mass is 35.5. The van der Waals surface area contributed by atoms with Gasteiger partial charge in [0.25, 0.3) is 5.78 Å². The van der Waals surface area contributed by atoms with Crippen LogP contribution in [0.15, 0.2) is 18.3 Å². The Balaban J connectivity index is 1.49. The molecule has 4 aromatic heterocycles. The van der Waals surface area contributed by atoms with Crippen molar-refractivity contribution in [1.82, 2.24) is 39.1 Å². The van der Waals surface area contributed by atoms with E-state index in [1.54, 1.807) is 9.20 Å². The Labute approximate surface area is 160 Å². The van der Waals surface area contributed by atoms with Crippen LogP contribution in [0.4, 0.5) is 0 Å². The maximum absolute atomic E-state index is 6.25. The van der Waals surface area contributed by atoms with E-state index in [1.165, 1.54) is 0 Å². The molecule has 8 nitrogen and oxygen atoms in total. The molecule has 0 amide bonds. The maximum atomic E-state index is 6.25. The molecule has 9 heteroatoms. The van der Waals surface area contributed by atoms with Crippen molar-refractivity contribution in [3.8, 4) is 11.5 Å². The number of aromatic nitrogens is 8. The fourth-order valence-electron chi connectivity index (χ4n) is 3.75. The van der Waals surface area contributed by atoms with Gasteiger partial charge in [-0.2, -0.15) is 15.2 Å². The molecule has 1 saturated carbocycles. The molecule has 5 rings (SSSR count). The fourth-order valence-corrected chi connectivity index (χ4v) is 4.06. The largest absolute Gasteiger partial charge is 0.274 e. The van der Waals surface area contributed by atoms with Crippen molar-refractivity contribution in [3.05, 3.63) is 46.1 Å². The number of fused-ring (bicyclic) bond motifs is 1. The van der Waals surface area contributed by atoms with Crippen LogP contribution >= 0.6 is 11.6 Å². The second-order valence-electron chi connectivity index (χ2n) is 7.26. The van der Waals surface area contributed by atoms with Crippen molar-refractivity contribution in [2.24, 2.45) is 14.1 Å². The van der Waals surface area contributed by atoms with Gasteiger partial charge >= 0.3 is 0 Å². The zero-order valence-corrected chi connectivity index (χ0v) is 16.3. The molecule has 138 valence electrons. The average Bonchev–Trinajstić information content (AvgIpc) is 2.91. The minimum Gasteiger partial charge on any atom is -0.274 e. The summed E-state index contributed by atoms with van der Waals surface area (Å²) in [5.74, 6) is 1.96. The molecule has 1 aliphatic carbocycles. The molecule has 0 aromatic carbocycles. The first kappa shape index (κ1) is 16.4. The fraction of sp³-hybridized carbons (Fsp3) is 0.389. The molecule has 0 radical (unpaired) electrons. The normalized spacial score (nSPS) is 19.1. The predicted molar refractivity (Wildman–Crippen MR) is 101 cm³/mol. The van der Waals surface area contributed by atoms with E-state index in [1.807, 2.05) is 44.9 Å². The van der Waals surface area contributed by atoms with Crippen molar-refractivity contribution in [3.63, 3.8) is 0 Å². The molecule has 1 fully saturated rings. The van der Waals surface area contributed by atoms with Crippen molar-refractivity contribution in [2.75, 3.05) is 0 Å². The number of hydrogen-bond donors (Lipinski definition) is 0. The quantitative estimate of drug-likeness (QED) is 0.544. The van der Waals surface area contributed by atoms with E-state index in [9.17, 15) is 0 Å². The van der Waals surface area contributed by atoms with Gasteiger partial charge in [-0.3, -0.25) is 9.36 Å². The van der Waals surface area contributed by atoms with Crippen LogP contribution in [0, 0.1) is 13.8 Å². The molecule has 2 atom stereocenters. The van der Waals surface area contributed by atoms with Gasteiger partial charge in [-0.1, -0.05) is 11.6 Å². The Bertz CT molecular complexity index is 1180. The molecule has 4 aromatic rings. The molecule has 1 aliphatic rings. The minimum absolute atomic E-state index is 0.353. The van der Waals surface area contributed by atoms with E-state index in [0.717, 1.165) is 34.8 Å². The lowest BCUT2D eigenvalue weighted by Gasteiger charge is -1.97. The molecule has 0 saturated heterocycles. The summed E-state index contributed by atoms with van der Waals surface area (Å²) in [6.45, 7) is 3.96. The topological polar surface area (TPSA) is 78.7 Å². The monoisotopic (exact) mass is 382 g/mol. The van der Waals surface area contributed by atoms with Gasteiger partial charge < -0.3 is 0 Å². The van der Waals surface area contributed by atoms with Crippen molar-refractivity contribution < 1.29 is 0 Å². The third-order valence-corrected chi connectivity index (χ3v) is 5.42. The van der Waals surface area contributed by atoms with Gasteiger partial charge in [-0.15, -0.1) is 5.10 Å². The van der Waals surface area contributed by atoms with Crippen LogP contribution < -0.4 is 0 Å². The van der Waals surface area contributed by atoms with Gasteiger partial charge in [0.05, 0.1) is 5.69 Å². The second kappa shape index (κ2) is 5.63. The van der Waals surface area contributed by atoms with Crippen LogP contribution in [0.25, 0.3) is 17.3 Å². The molecule has 0 unspecified atom stereocenters. The van der Waals surface area contributed by atoms with Crippen LogP contribution in [0.2, 0.25) is 5.15 Å². The number of nitrogens with zero attached hydrogens (tertiary/aromatic N) is 8. The zero-order chi connectivity index (χ0) is 18.9. The predicted octanol–water partition coefficient (Wildman–Crippen LogP) is 2.80. The molecule has 0 spiro atoms. The van der Waals surface area contributed by atoms with Gasteiger partial charge in [-0.25, -0.2) is 9.50 Å². The average molecular weight is 383 g/mol. The molecule has 27 heavy (non-hydrogen) atoms. The van der Waals surface area contributed by atoms with Crippen molar-refractivity contribution >= 4 is 17.4 Å². The summed E-state index contributed by atoms with van der Waals surface area (Å²) in [5.41, 5.74) is 4.95. The van der Waals surface area contributed by atoms with E-state index >= 15 is 0 Å². The zero-order valence-electron chi connectivity index (χ0n) is 15.5. The number of halogens is 1. The molecular formula is C18H19ClN8. The van der Waals surface area contributed by atoms with E-state index < -0.39 is 0 Å². The van der Waals surface area contributed by atoms with E-state index in [2.05, 4.69) is 26.2 Å². The number of rotatable bonds is 3. The highest BCUT2D eigenvalue weighted by molar-refractivity contribution is 6.30. The Kier molecular flexibility index (Phi) is 3.42. The summed E-state index contributed by atoms with van der Waals surface area (Å²) in [6.07, 6.45) is 3.03. The first-order chi connectivity index (χ1) is 12.9. The van der Waals surface area contributed by atoms with Crippen LogP contribution in [0.5, 0.6) is 0 Å². The van der Waals surface area contributed by atoms with E-state index in [-0.39, 0.29) is 0 Å². The summed E-state index contributed by atoms with van der Waals surface area (Å²) >= 11 is 6.25. The lowest BCUT2D eigenvalue weighted by atomic mass is 10.1. The molecular weight excluding hydrogens is 364 g/mol. The smallest absolute Gasteiger partial charge is 0.253 e. The first-order valence-electron chi connectivity index (χ1n) is 8.85. The van der Waals surface area contributed by atoms with Crippen molar-refractivity contribution in [2.45, 2.75) is 32.1 Å². The highest BCUT2D eigenvalue weighted by Gasteiger charge is 2.43. The minimum atomic E-state index is 0.353. The molecule has 0 bridgehead atoms. The van der Waals surface area contributed by atoms with Gasteiger partial charge in [0.1, 0.15) is 5.69 Å². The molecule has 4 heterocycles. The Morgan fingerprint density at radius 3 is 2.59 bits per heavy atom. The van der Waals surface area contributed by atoms with Crippen LogP contribution in [0.3, 0.4) is 0 Å². The van der Waals surface area contributed by atoms with Gasteiger partial charge in [0.15, 0.2) is 5.15 Å². The van der Waals surface area contributed by atoms with Gasteiger partial charge in [0.2, 0.25) is 5.82 Å². The third kappa shape index (κ3) is 2.63. The van der Waals surface area contributed by atoms with Crippen LogP contribution in [-0.2, 0) is 14.1 Å². The summed E-state index contributed by atoms with van der Waals surface area (Å²) < 4.78 is 5.37. The SMILES string of the molecule is Cc1cc(C)n2nc(-c3cc([C@H]4C[C@@H]4c4cn(C)nc4Cl)nn3C)nc2n1. The Morgan fingerprint density at radius 1 is 1.04 bits per heavy atom. The number of aryl methyl sites for hydroxylation is 4. The summed E-state index contributed by atoms with van der Waals surface area (Å²) in [7, 11) is 3.81. The van der Waals surface area contributed by atoms with Crippen molar-refractivity contribution in [1.29, 1.82) is 0 Å². The summed E-state index contributed by atoms with van der Waals surface area (Å²) in [5, 5.41) is 14.1. The first-order valence-corrected chi connectivity index (χ1v) is 9.23. The molecule has 0 aliphatic heterocycles. The lowest BCUT2D eigenvalue weighted by Crippen LogP contribution is -1.98. The highest BCUT2D eigenvalue weighted by Crippen LogP contribution is 2.55. The van der Waals surface area contributed by atoms with Crippen LogP contribution in [-0.4, -0.2) is 39.1 Å². The third-order valence-electron chi connectivity index (χ3n) is 5.13. The van der Waals surface area contributed by atoms with Crippen LogP contribution in [0.1, 0.15) is 40.9 Å². The maximum Gasteiger partial charge on any atom is 0.253 e. The Morgan fingerprint density at radius 2 is 1.85 bits per heavy atom. The lowest BCUT2D eigenvalue weighted by molar-refractivity contribution is 0.742. The summed E-state index contributed by atoms with van der Waals surface area (Å²) in [6, 6.07) is 4.07. The second-order valence-corrected chi connectivity index (χ2v) is 7.62. The van der Waals surface area contributed by atoms with E-state index in [0.29, 0.717) is 28.6 Å². The molecule has 0 N–H and O–H groups in total. The Hall–Kier alpha value is -2.74. The van der Waals surface area contributed by atoms with Gasteiger partial charge in [-0.05, 0) is 38.3 Å². The number of hydrogen-bond acceptors (Lipinski definition) is 5. The summed E-state index contributed by atoms with van der Waals surface area (Å²) in [4.78, 5) is 9.06. The standard InChI is InChI=1S/C18H19ClN8/c1-9-5-10(2)27-18(20-9)21-17(24-27)15-7-14(22-26(15)4)12-6-11(12)13-8-25(3)23-16(13)19/h5,7-8,11-12H,6H2,1-4H3/t11-,12-/m0/s1.